The Balaban J connectivity index is 2.06. The highest BCUT2D eigenvalue weighted by Crippen LogP contribution is 2.13. The van der Waals surface area contributed by atoms with Crippen LogP contribution in [0.15, 0.2) is 0 Å². The van der Waals surface area contributed by atoms with E-state index in [1.54, 1.807) is 11.9 Å². The number of carboxylic acids is 1. The third-order valence-electron chi connectivity index (χ3n) is 4.05. The van der Waals surface area contributed by atoms with Crippen molar-refractivity contribution in [1.29, 1.82) is 0 Å². The van der Waals surface area contributed by atoms with Crippen LogP contribution in [0.4, 0.5) is 0 Å². The maximum absolute atomic E-state index is 12.0. The van der Waals surface area contributed by atoms with Gasteiger partial charge >= 0.3 is 11.9 Å². The van der Waals surface area contributed by atoms with E-state index in [2.05, 4.69) is 0 Å². The van der Waals surface area contributed by atoms with E-state index in [-0.39, 0.29) is 43.8 Å². The molecule has 0 aromatic carbocycles. The molecule has 1 fully saturated rings. The molecule has 0 aromatic rings. The summed E-state index contributed by atoms with van der Waals surface area (Å²) in [6.07, 6.45) is 0.0583. The quantitative estimate of drug-likeness (QED) is 0.232. The largest absolute Gasteiger partial charge is 0.481 e. The molecule has 172 valence electrons. The number of imide groups is 1. The van der Waals surface area contributed by atoms with Gasteiger partial charge in [0.25, 0.3) is 11.8 Å². The Bertz CT molecular complexity index is 696. The number of rotatable bonds is 16. The first-order chi connectivity index (χ1) is 14.1. The number of thioether (sulfide) groups is 1. The van der Waals surface area contributed by atoms with Gasteiger partial charge in [-0.3, -0.25) is 14.4 Å². The SMILES string of the molecule is CN(CCOCCS(=O)(=O)CCSCCC(=O)ON1C(=O)CCC1=O)CCC(=O)O. The van der Waals surface area contributed by atoms with Crippen molar-refractivity contribution in [3.05, 3.63) is 0 Å². The predicted octanol–water partition coefficient (Wildman–Crippen LogP) is -0.445. The molecule has 11 nitrogen and oxygen atoms in total. The number of hydroxylamine groups is 2. The Hall–Kier alpha value is -1.70. The summed E-state index contributed by atoms with van der Waals surface area (Å²) in [6, 6.07) is 0. The van der Waals surface area contributed by atoms with Crippen LogP contribution in [0.25, 0.3) is 0 Å². The Kier molecular flexibility index (Phi) is 11.9. The van der Waals surface area contributed by atoms with E-state index in [1.807, 2.05) is 0 Å². The second kappa shape index (κ2) is 13.6. The molecule has 0 aromatic heterocycles. The maximum Gasteiger partial charge on any atom is 0.334 e. The minimum absolute atomic E-state index is 0.0316. The topological polar surface area (TPSA) is 148 Å². The molecule has 2 amide bonds. The lowest BCUT2D eigenvalue weighted by atomic mass is 10.4. The molecule has 1 heterocycles. The van der Waals surface area contributed by atoms with E-state index in [9.17, 15) is 27.6 Å². The first kappa shape index (κ1) is 26.3. The van der Waals surface area contributed by atoms with Gasteiger partial charge in [-0.15, -0.1) is 5.06 Å². The smallest absolute Gasteiger partial charge is 0.334 e. The van der Waals surface area contributed by atoms with Gasteiger partial charge in [0.05, 0.1) is 37.6 Å². The van der Waals surface area contributed by atoms with Crippen LogP contribution >= 0.6 is 11.8 Å². The van der Waals surface area contributed by atoms with Gasteiger partial charge in [-0.2, -0.15) is 11.8 Å². The Morgan fingerprint density at radius 1 is 1.07 bits per heavy atom. The zero-order valence-electron chi connectivity index (χ0n) is 16.9. The minimum atomic E-state index is -3.29. The number of carboxylic acid groups (broad SMARTS) is 1. The molecule has 0 spiro atoms. The molecule has 0 saturated carbocycles. The van der Waals surface area contributed by atoms with Gasteiger partial charge in [0.15, 0.2) is 9.84 Å². The van der Waals surface area contributed by atoms with E-state index in [4.69, 9.17) is 14.7 Å². The molecule has 13 heteroatoms. The lowest BCUT2D eigenvalue weighted by molar-refractivity contribution is -0.197. The first-order valence-corrected chi connectivity index (χ1v) is 12.4. The monoisotopic (exact) mass is 468 g/mol. The molecule has 30 heavy (non-hydrogen) atoms. The first-order valence-electron chi connectivity index (χ1n) is 9.43. The number of carbonyl (C=O) groups is 4. The molecule has 0 radical (unpaired) electrons. The Morgan fingerprint density at radius 3 is 2.37 bits per heavy atom. The maximum atomic E-state index is 12.0. The second-order valence-electron chi connectivity index (χ2n) is 6.62. The number of amides is 2. The molecule has 1 rings (SSSR count). The van der Waals surface area contributed by atoms with Gasteiger partial charge in [0.2, 0.25) is 0 Å². The van der Waals surface area contributed by atoms with Gasteiger partial charge in [0, 0.05) is 37.4 Å². The fourth-order valence-electron chi connectivity index (χ4n) is 2.26. The number of sulfone groups is 1. The average Bonchev–Trinajstić information content (AvgIpc) is 2.97. The molecule has 1 N–H and O–H groups in total. The fraction of sp³-hybridized carbons (Fsp3) is 0.765. The van der Waals surface area contributed by atoms with Crippen molar-refractivity contribution in [3.63, 3.8) is 0 Å². The molecule has 0 unspecified atom stereocenters. The number of ether oxygens (including phenoxy) is 1. The lowest BCUT2D eigenvalue weighted by Crippen LogP contribution is -2.32. The summed E-state index contributed by atoms with van der Waals surface area (Å²) < 4.78 is 29.2. The Morgan fingerprint density at radius 2 is 1.73 bits per heavy atom. The van der Waals surface area contributed by atoms with Crippen molar-refractivity contribution < 1.29 is 42.3 Å². The summed E-state index contributed by atoms with van der Waals surface area (Å²) >= 11 is 1.26. The summed E-state index contributed by atoms with van der Waals surface area (Å²) in [5.74, 6) is -2.23. The fourth-order valence-corrected chi connectivity index (χ4v) is 4.84. The van der Waals surface area contributed by atoms with Gasteiger partial charge < -0.3 is 19.6 Å². The van der Waals surface area contributed by atoms with E-state index < -0.39 is 33.6 Å². The van der Waals surface area contributed by atoms with Gasteiger partial charge in [-0.05, 0) is 7.05 Å². The van der Waals surface area contributed by atoms with Crippen LogP contribution in [0.1, 0.15) is 25.7 Å². The zero-order chi connectivity index (χ0) is 22.6. The molecule has 0 aliphatic carbocycles. The van der Waals surface area contributed by atoms with Crippen molar-refractivity contribution in [2.24, 2.45) is 0 Å². The van der Waals surface area contributed by atoms with E-state index in [0.29, 0.717) is 36.3 Å². The van der Waals surface area contributed by atoms with Crippen LogP contribution in [-0.4, -0.2) is 104 Å². The molecule has 0 bridgehead atoms. The van der Waals surface area contributed by atoms with Crippen LogP contribution in [0.5, 0.6) is 0 Å². The highest BCUT2D eigenvalue weighted by atomic mass is 32.2. The van der Waals surface area contributed by atoms with Crippen molar-refractivity contribution in [3.8, 4) is 0 Å². The van der Waals surface area contributed by atoms with Gasteiger partial charge in [0.1, 0.15) is 0 Å². The molecule has 1 saturated heterocycles. The number of hydrogen-bond acceptors (Lipinski definition) is 10. The highest BCUT2D eigenvalue weighted by molar-refractivity contribution is 8.00. The van der Waals surface area contributed by atoms with E-state index >= 15 is 0 Å². The number of aliphatic carboxylic acids is 1. The summed E-state index contributed by atoms with van der Waals surface area (Å²) in [5.41, 5.74) is 0. The van der Waals surface area contributed by atoms with E-state index in [0.717, 1.165) is 0 Å². The van der Waals surface area contributed by atoms with E-state index in [1.165, 1.54) is 11.8 Å². The summed E-state index contributed by atoms with van der Waals surface area (Å²) in [4.78, 5) is 51.3. The standard InChI is InChI=1S/C17H28N2O9S2/c1-18(6-4-16(22)23)7-8-27-9-12-30(25,26)13-11-29-10-5-17(24)28-19-14(20)2-3-15(19)21/h2-13H2,1H3,(H,22,23). The normalized spacial score (nSPS) is 14.5. The predicted molar refractivity (Wildman–Crippen MR) is 108 cm³/mol. The molecule has 1 aliphatic heterocycles. The Labute approximate surface area is 179 Å². The van der Waals surface area contributed by atoms with Crippen molar-refractivity contribution in [2.75, 3.05) is 56.4 Å². The van der Waals surface area contributed by atoms with Crippen LogP contribution < -0.4 is 0 Å². The van der Waals surface area contributed by atoms with Gasteiger partial charge in [-0.25, -0.2) is 13.2 Å². The summed E-state index contributed by atoms with van der Waals surface area (Å²) in [5, 5.41) is 9.08. The number of hydrogen-bond donors (Lipinski definition) is 1. The third-order valence-corrected chi connectivity index (χ3v) is 6.91. The minimum Gasteiger partial charge on any atom is -0.481 e. The number of carbonyl (C=O) groups excluding carboxylic acids is 3. The van der Waals surface area contributed by atoms with Crippen LogP contribution in [-0.2, 0) is 38.6 Å². The summed E-state index contributed by atoms with van der Waals surface area (Å²) in [6.45, 7) is 1.27. The molecule has 0 atom stereocenters. The molecule has 1 aliphatic rings. The van der Waals surface area contributed by atoms with Crippen LogP contribution in [0.2, 0.25) is 0 Å². The zero-order valence-corrected chi connectivity index (χ0v) is 18.5. The van der Waals surface area contributed by atoms with Gasteiger partial charge in [-0.1, -0.05) is 0 Å². The highest BCUT2D eigenvalue weighted by Gasteiger charge is 2.32. The summed E-state index contributed by atoms with van der Waals surface area (Å²) in [7, 11) is -1.53. The van der Waals surface area contributed by atoms with Crippen molar-refractivity contribution >= 4 is 45.4 Å². The lowest BCUT2D eigenvalue weighted by Gasteiger charge is -2.15. The van der Waals surface area contributed by atoms with Crippen molar-refractivity contribution in [1.82, 2.24) is 9.96 Å². The third kappa shape index (κ3) is 11.5. The number of likely N-dealkylation sites (N-methyl/N-ethyl adjacent to an activating group) is 1. The van der Waals surface area contributed by atoms with Crippen molar-refractivity contribution in [2.45, 2.75) is 25.7 Å². The molecular weight excluding hydrogens is 440 g/mol. The second-order valence-corrected chi connectivity index (χ2v) is 10.1. The molecular formula is C17H28N2O9S2. The van der Waals surface area contributed by atoms with Crippen LogP contribution in [0.3, 0.4) is 0 Å². The average molecular weight is 469 g/mol. The number of nitrogens with zero attached hydrogens (tertiary/aromatic N) is 2. The van der Waals surface area contributed by atoms with Crippen LogP contribution in [0, 0.1) is 0 Å².